The van der Waals surface area contributed by atoms with Gasteiger partial charge in [-0.25, -0.2) is 8.42 Å². The molecule has 1 N–H and O–H groups in total. The number of halogens is 1. The highest BCUT2D eigenvalue weighted by atomic mass is 35.5. The Bertz CT molecular complexity index is 1080. The largest absolute Gasteiger partial charge is 0.345 e. The summed E-state index contributed by atoms with van der Waals surface area (Å²) in [5.74, 6) is -1.16. The number of rotatable bonds is 5. The summed E-state index contributed by atoms with van der Waals surface area (Å²) >= 11 is 6.01. The van der Waals surface area contributed by atoms with Crippen molar-refractivity contribution in [3.63, 3.8) is 0 Å². The smallest absolute Gasteiger partial charge is 0.271 e. The van der Waals surface area contributed by atoms with Crippen molar-refractivity contribution >= 4 is 44.6 Å². The van der Waals surface area contributed by atoms with E-state index in [2.05, 4.69) is 5.32 Å². The van der Waals surface area contributed by atoms with E-state index < -0.39 is 26.4 Å². The van der Waals surface area contributed by atoms with Crippen molar-refractivity contribution in [3.8, 4) is 0 Å². The first kappa shape index (κ1) is 21.3. The maximum absolute atomic E-state index is 12.5. The third-order valence-electron chi connectivity index (χ3n) is 3.65. The van der Waals surface area contributed by atoms with Gasteiger partial charge in [0.2, 0.25) is 0 Å². The van der Waals surface area contributed by atoms with Gasteiger partial charge in [0.25, 0.3) is 17.5 Å². The maximum atomic E-state index is 12.5. The molecule has 0 atom stereocenters. The lowest BCUT2D eigenvalue weighted by Gasteiger charge is -2.13. The molecule has 0 aliphatic heterocycles. The number of nitrogens with one attached hydrogen (secondary N) is 1. The van der Waals surface area contributed by atoms with Crippen LogP contribution in [0.4, 0.5) is 11.4 Å². The lowest BCUT2D eigenvalue weighted by atomic mass is 10.1. The highest BCUT2D eigenvalue weighted by Gasteiger charge is 2.20. The minimum Gasteiger partial charge on any atom is -0.345 e. The maximum Gasteiger partial charge on any atom is 0.271 e. The average molecular weight is 426 g/mol. The topological polar surface area (TPSA) is 127 Å². The number of nitro groups is 1. The standard InChI is InChI=1S/C17H16ClN3O6S/c1-20(2)17(23)14-8-11(4-5-15(14)18)19-16(22)10-6-12(21(24)25)9-13(7-10)28(3,26)27/h4-9H,1-3H3,(H,19,22). The van der Waals surface area contributed by atoms with Crippen molar-refractivity contribution in [1.82, 2.24) is 4.90 Å². The van der Waals surface area contributed by atoms with Crippen LogP contribution < -0.4 is 5.32 Å². The molecule has 2 aromatic carbocycles. The predicted octanol–water partition coefficient (Wildman–Crippen LogP) is 2.61. The molecule has 0 spiro atoms. The van der Waals surface area contributed by atoms with Crippen molar-refractivity contribution in [3.05, 3.63) is 62.7 Å². The van der Waals surface area contributed by atoms with Gasteiger partial charge in [-0.3, -0.25) is 19.7 Å². The van der Waals surface area contributed by atoms with Crippen molar-refractivity contribution in [2.24, 2.45) is 0 Å². The third-order valence-corrected chi connectivity index (χ3v) is 5.07. The average Bonchev–Trinajstić information content (AvgIpc) is 2.61. The zero-order valence-corrected chi connectivity index (χ0v) is 16.7. The van der Waals surface area contributed by atoms with Crippen LogP contribution in [0.5, 0.6) is 0 Å². The summed E-state index contributed by atoms with van der Waals surface area (Å²) in [6.45, 7) is 0. The van der Waals surface area contributed by atoms with Crippen LogP contribution in [-0.4, -0.2) is 50.4 Å². The summed E-state index contributed by atoms with van der Waals surface area (Å²) in [5, 5.41) is 13.7. The molecule has 0 aliphatic rings. The van der Waals surface area contributed by atoms with E-state index >= 15 is 0 Å². The van der Waals surface area contributed by atoms with Gasteiger partial charge in [0.1, 0.15) is 0 Å². The molecule has 148 valence electrons. The molecular formula is C17H16ClN3O6S. The second-order valence-electron chi connectivity index (χ2n) is 6.09. The summed E-state index contributed by atoms with van der Waals surface area (Å²) in [6.07, 6.45) is 0.881. The highest BCUT2D eigenvalue weighted by molar-refractivity contribution is 7.90. The van der Waals surface area contributed by atoms with Gasteiger partial charge >= 0.3 is 0 Å². The normalized spacial score (nSPS) is 11.0. The number of hydrogen-bond acceptors (Lipinski definition) is 6. The second-order valence-corrected chi connectivity index (χ2v) is 8.52. The molecule has 0 radical (unpaired) electrons. The molecule has 2 amide bonds. The van der Waals surface area contributed by atoms with Crippen LogP contribution >= 0.6 is 11.6 Å². The summed E-state index contributed by atoms with van der Waals surface area (Å²) in [4.78, 5) is 35.9. The number of carbonyl (C=O) groups excluding carboxylic acids is 2. The number of hydrogen-bond donors (Lipinski definition) is 1. The first-order chi connectivity index (χ1) is 12.9. The lowest BCUT2D eigenvalue weighted by Crippen LogP contribution is -2.22. The Balaban J connectivity index is 2.43. The molecule has 11 heteroatoms. The van der Waals surface area contributed by atoms with Crippen molar-refractivity contribution in [2.75, 3.05) is 25.7 Å². The minimum atomic E-state index is -3.77. The molecule has 0 aliphatic carbocycles. The number of amides is 2. The molecule has 2 rings (SSSR count). The zero-order chi connectivity index (χ0) is 21.2. The Morgan fingerprint density at radius 2 is 1.79 bits per heavy atom. The summed E-state index contributed by atoms with van der Waals surface area (Å²) in [6, 6.07) is 7.11. The number of carbonyl (C=O) groups is 2. The molecule has 28 heavy (non-hydrogen) atoms. The van der Waals surface area contributed by atoms with Crippen LogP contribution in [0, 0.1) is 10.1 Å². The first-order valence-corrected chi connectivity index (χ1v) is 9.99. The number of anilines is 1. The molecule has 0 saturated heterocycles. The van der Waals surface area contributed by atoms with E-state index in [4.69, 9.17) is 11.6 Å². The number of sulfone groups is 1. The van der Waals surface area contributed by atoms with E-state index in [1.165, 1.54) is 23.1 Å². The number of non-ortho nitro benzene ring substituents is 1. The van der Waals surface area contributed by atoms with Crippen LogP contribution in [0.15, 0.2) is 41.3 Å². The molecule has 0 aromatic heterocycles. The molecule has 0 unspecified atom stereocenters. The van der Waals surface area contributed by atoms with Gasteiger partial charge < -0.3 is 10.2 Å². The summed E-state index contributed by atoms with van der Waals surface area (Å²) in [7, 11) is -0.690. The third kappa shape index (κ3) is 4.84. The molecular weight excluding hydrogens is 410 g/mol. The monoisotopic (exact) mass is 425 g/mol. The summed E-state index contributed by atoms with van der Waals surface area (Å²) < 4.78 is 23.5. The van der Waals surface area contributed by atoms with Gasteiger partial charge in [0, 0.05) is 43.7 Å². The van der Waals surface area contributed by atoms with Gasteiger partial charge in [-0.2, -0.15) is 0 Å². The number of nitro benzene ring substituents is 1. The number of nitrogens with zero attached hydrogens (tertiary/aromatic N) is 2. The molecule has 2 aromatic rings. The van der Waals surface area contributed by atoms with Gasteiger partial charge in [-0.15, -0.1) is 0 Å². The van der Waals surface area contributed by atoms with Crippen molar-refractivity contribution in [2.45, 2.75) is 4.90 Å². The van der Waals surface area contributed by atoms with E-state index in [-0.39, 0.29) is 32.6 Å². The van der Waals surface area contributed by atoms with Gasteiger partial charge in [-0.05, 0) is 24.3 Å². The van der Waals surface area contributed by atoms with Crippen LogP contribution in [0.1, 0.15) is 20.7 Å². The molecule has 0 heterocycles. The fourth-order valence-corrected chi connectivity index (χ4v) is 3.12. The summed E-state index contributed by atoms with van der Waals surface area (Å²) in [5.41, 5.74) is -0.384. The van der Waals surface area contributed by atoms with Crippen LogP contribution in [0.25, 0.3) is 0 Å². The van der Waals surface area contributed by atoms with Crippen molar-refractivity contribution in [1.29, 1.82) is 0 Å². The lowest BCUT2D eigenvalue weighted by molar-refractivity contribution is -0.385. The molecule has 0 fully saturated rings. The van der Waals surface area contributed by atoms with E-state index in [1.807, 2.05) is 0 Å². The van der Waals surface area contributed by atoms with Gasteiger partial charge in [-0.1, -0.05) is 11.6 Å². The van der Waals surface area contributed by atoms with Crippen molar-refractivity contribution < 1.29 is 22.9 Å². The fourth-order valence-electron chi connectivity index (χ4n) is 2.25. The SMILES string of the molecule is CN(C)C(=O)c1cc(NC(=O)c2cc([N+](=O)[O-])cc(S(C)(=O)=O)c2)ccc1Cl. The van der Waals surface area contributed by atoms with E-state index in [0.717, 1.165) is 24.5 Å². The Morgan fingerprint density at radius 1 is 1.14 bits per heavy atom. The highest BCUT2D eigenvalue weighted by Crippen LogP contribution is 2.24. The Morgan fingerprint density at radius 3 is 2.32 bits per heavy atom. The Labute approximate surface area is 166 Å². The molecule has 0 saturated carbocycles. The van der Waals surface area contributed by atoms with Crippen LogP contribution in [-0.2, 0) is 9.84 Å². The van der Waals surface area contributed by atoms with E-state index in [0.29, 0.717) is 0 Å². The quantitative estimate of drug-likeness (QED) is 0.579. The Kier molecular flexibility index (Phi) is 6.05. The fraction of sp³-hybridized carbons (Fsp3) is 0.176. The van der Waals surface area contributed by atoms with E-state index in [9.17, 15) is 28.1 Å². The Hall–Kier alpha value is -2.98. The second kappa shape index (κ2) is 7.95. The van der Waals surface area contributed by atoms with Crippen LogP contribution in [0.2, 0.25) is 5.02 Å². The van der Waals surface area contributed by atoms with Gasteiger partial charge in [0.05, 0.1) is 20.4 Å². The molecule has 9 nitrogen and oxygen atoms in total. The van der Waals surface area contributed by atoms with Gasteiger partial charge in [0.15, 0.2) is 9.84 Å². The van der Waals surface area contributed by atoms with Crippen LogP contribution in [0.3, 0.4) is 0 Å². The first-order valence-electron chi connectivity index (χ1n) is 7.72. The predicted molar refractivity (Wildman–Crippen MR) is 104 cm³/mol. The zero-order valence-electron chi connectivity index (χ0n) is 15.1. The number of benzene rings is 2. The molecule has 0 bridgehead atoms. The van der Waals surface area contributed by atoms with E-state index in [1.54, 1.807) is 14.1 Å². The minimum absolute atomic E-state index is 0.153.